The van der Waals surface area contributed by atoms with Crippen LogP contribution < -0.4 is 0 Å². The third-order valence-electron chi connectivity index (χ3n) is 2.99. The number of rotatable bonds is 3. The number of morpholine rings is 1. The third-order valence-corrected chi connectivity index (χ3v) is 2.99. The molecular weight excluding hydrogens is 258 g/mol. The second kappa shape index (κ2) is 5.75. The van der Waals surface area contributed by atoms with Crippen molar-refractivity contribution in [1.82, 2.24) is 9.99 Å². The Hall–Kier alpha value is -2.34. The van der Waals surface area contributed by atoms with Gasteiger partial charge in [0, 0.05) is 5.56 Å². The van der Waals surface area contributed by atoms with Crippen LogP contribution in [-0.4, -0.2) is 47.6 Å². The molecule has 104 valence electrons. The summed E-state index contributed by atoms with van der Waals surface area (Å²) < 4.78 is 10.5. The van der Waals surface area contributed by atoms with Gasteiger partial charge in [0.1, 0.15) is 0 Å². The predicted octanol–water partition coefficient (Wildman–Crippen LogP) is 1.71. The van der Waals surface area contributed by atoms with E-state index in [1.807, 2.05) is 35.3 Å². The maximum atomic E-state index is 9.76. The van der Waals surface area contributed by atoms with Crippen molar-refractivity contribution in [1.29, 1.82) is 0 Å². The Morgan fingerprint density at radius 2 is 1.95 bits per heavy atom. The lowest BCUT2D eigenvalue weighted by atomic mass is 10.2. The molecule has 6 nitrogen and oxygen atoms in total. The van der Waals surface area contributed by atoms with E-state index in [0.29, 0.717) is 24.8 Å². The van der Waals surface area contributed by atoms with Gasteiger partial charge >= 0.3 is 5.95 Å². The smallest absolute Gasteiger partial charge is 0.312 e. The first-order chi connectivity index (χ1) is 9.83. The molecule has 1 aromatic carbocycles. The largest absolute Gasteiger partial charge is 0.479 e. The summed E-state index contributed by atoms with van der Waals surface area (Å²) >= 11 is 0. The highest BCUT2D eigenvalue weighted by Gasteiger charge is 2.13. The number of hydrogen-bond donors (Lipinski definition) is 1. The van der Waals surface area contributed by atoms with Gasteiger partial charge in [0.05, 0.1) is 32.5 Å². The van der Waals surface area contributed by atoms with Crippen LogP contribution in [0.2, 0.25) is 0 Å². The minimum absolute atomic E-state index is 0.221. The van der Waals surface area contributed by atoms with E-state index in [9.17, 15) is 5.11 Å². The summed E-state index contributed by atoms with van der Waals surface area (Å²) in [6, 6.07) is 9.42. The predicted molar refractivity (Wildman–Crippen MR) is 73.6 cm³/mol. The van der Waals surface area contributed by atoms with Crippen molar-refractivity contribution in [3.8, 4) is 17.4 Å². The Balaban J connectivity index is 1.77. The lowest BCUT2D eigenvalue weighted by molar-refractivity contribution is 0.0396. The number of hydrogen-bond acceptors (Lipinski definition) is 6. The normalized spacial score (nSPS) is 15.9. The zero-order valence-corrected chi connectivity index (χ0v) is 10.9. The van der Waals surface area contributed by atoms with Crippen LogP contribution in [0, 0.1) is 0 Å². The van der Waals surface area contributed by atoms with Crippen molar-refractivity contribution in [2.24, 2.45) is 5.10 Å². The number of ether oxygens (including phenoxy) is 1. The molecule has 1 aliphatic heterocycles. The summed E-state index contributed by atoms with van der Waals surface area (Å²) in [6.45, 7) is 2.80. The van der Waals surface area contributed by atoms with Crippen molar-refractivity contribution in [2.75, 3.05) is 26.3 Å². The first kappa shape index (κ1) is 12.7. The van der Waals surface area contributed by atoms with E-state index in [1.165, 1.54) is 6.21 Å². The Kier molecular flexibility index (Phi) is 3.64. The fraction of sp³-hybridized carbons (Fsp3) is 0.286. The highest BCUT2D eigenvalue weighted by molar-refractivity contribution is 5.80. The number of aromatic hydroxyl groups is 1. The molecule has 2 aromatic rings. The monoisotopic (exact) mass is 273 g/mol. The number of hydrazone groups is 1. The fourth-order valence-electron chi connectivity index (χ4n) is 1.92. The average Bonchev–Trinajstić information content (AvgIpc) is 2.88. The van der Waals surface area contributed by atoms with Crippen molar-refractivity contribution < 1.29 is 14.3 Å². The van der Waals surface area contributed by atoms with Crippen LogP contribution in [0.1, 0.15) is 5.69 Å². The minimum atomic E-state index is -0.221. The molecule has 1 N–H and O–H groups in total. The van der Waals surface area contributed by atoms with Crippen LogP contribution in [0.4, 0.5) is 0 Å². The molecule has 3 rings (SSSR count). The number of nitrogens with zero attached hydrogens (tertiary/aromatic N) is 3. The standard InChI is InChI=1S/C14H15N3O3/c18-14-12(10-15-17-6-8-19-9-7-17)16-13(20-14)11-4-2-1-3-5-11/h1-5,10,18H,6-9H2. The summed E-state index contributed by atoms with van der Waals surface area (Å²) in [5, 5.41) is 15.9. The summed E-state index contributed by atoms with van der Waals surface area (Å²) in [5.74, 6) is 0.160. The van der Waals surface area contributed by atoms with Crippen molar-refractivity contribution in [3.05, 3.63) is 36.0 Å². The molecule has 0 spiro atoms. The Labute approximate surface area is 116 Å². The summed E-state index contributed by atoms with van der Waals surface area (Å²) in [4.78, 5) is 4.24. The van der Waals surface area contributed by atoms with Crippen LogP contribution in [0.25, 0.3) is 11.5 Å². The Morgan fingerprint density at radius 1 is 1.20 bits per heavy atom. The molecule has 0 atom stereocenters. The molecule has 2 heterocycles. The molecule has 1 aromatic heterocycles. The van der Waals surface area contributed by atoms with Gasteiger partial charge in [-0.2, -0.15) is 5.10 Å². The molecule has 0 bridgehead atoms. The number of oxazole rings is 1. The van der Waals surface area contributed by atoms with Crippen LogP contribution in [0.15, 0.2) is 39.9 Å². The van der Waals surface area contributed by atoms with Crippen molar-refractivity contribution >= 4 is 6.21 Å². The van der Waals surface area contributed by atoms with Gasteiger partial charge in [0.15, 0.2) is 5.69 Å². The van der Waals surface area contributed by atoms with Gasteiger partial charge < -0.3 is 14.3 Å². The molecule has 0 radical (unpaired) electrons. The highest BCUT2D eigenvalue weighted by Crippen LogP contribution is 2.25. The highest BCUT2D eigenvalue weighted by atomic mass is 16.5. The second-order valence-corrected chi connectivity index (χ2v) is 4.39. The SMILES string of the molecule is Oc1oc(-c2ccccc2)nc1C=NN1CCOCC1. The van der Waals surface area contributed by atoms with Gasteiger partial charge in [0.2, 0.25) is 5.89 Å². The Morgan fingerprint density at radius 3 is 2.70 bits per heavy atom. The van der Waals surface area contributed by atoms with Crippen LogP contribution in [0.3, 0.4) is 0 Å². The lowest BCUT2D eigenvalue weighted by Gasteiger charge is -2.23. The molecule has 1 fully saturated rings. The summed E-state index contributed by atoms with van der Waals surface area (Å²) in [5.41, 5.74) is 1.14. The lowest BCUT2D eigenvalue weighted by Crippen LogP contribution is -2.32. The van der Waals surface area contributed by atoms with E-state index in [2.05, 4.69) is 10.1 Å². The molecule has 0 unspecified atom stereocenters. The maximum Gasteiger partial charge on any atom is 0.312 e. The number of aromatic nitrogens is 1. The third kappa shape index (κ3) is 2.80. The van der Waals surface area contributed by atoms with Crippen LogP contribution in [-0.2, 0) is 4.74 Å². The molecular formula is C14H15N3O3. The topological polar surface area (TPSA) is 71.1 Å². The zero-order chi connectivity index (χ0) is 13.8. The summed E-state index contributed by atoms with van der Waals surface area (Å²) in [6.07, 6.45) is 1.51. The first-order valence-corrected chi connectivity index (χ1v) is 6.45. The van der Waals surface area contributed by atoms with Gasteiger partial charge in [-0.05, 0) is 12.1 Å². The zero-order valence-electron chi connectivity index (χ0n) is 10.9. The molecule has 20 heavy (non-hydrogen) atoms. The molecule has 6 heteroatoms. The Bertz CT molecular complexity index is 589. The van der Waals surface area contributed by atoms with Gasteiger partial charge in [-0.15, -0.1) is 0 Å². The van der Waals surface area contributed by atoms with E-state index >= 15 is 0 Å². The average molecular weight is 273 g/mol. The second-order valence-electron chi connectivity index (χ2n) is 4.39. The van der Waals surface area contributed by atoms with E-state index in [1.54, 1.807) is 0 Å². The molecule has 0 saturated carbocycles. The van der Waals surface area contributed by atoms with E-state index in [0.717, 1.165) is 18.7 Å². The van der Waals surface area contributed by atoms with Gasteiger partial charge in [0.25, 0.3) is 0 Å². The quantitative estimate of drug-likeness (QED) is 0.862. The van der Waals surface area contributed by atoms with Gasteiger partial charge in [-0.1, -0.05) is 18.2 Å². The molecule has 1 aliphatic rings. The number of benzene rings is 1. The van der Waals surface area contributed by atoms with Gasteiger partial charge in [-0.3, -0.25) is 5.01 Å². The van der Waals surface area contributed by atoms with Crippen LogP contribution >= 0.6 is 0 Å². The van der Waals surface area contributed by atoms with Crippen LogP contribution in [0.5, 0.6) is 5.95 Å². The minimum Gasteiger partial charge on any atom is -0.479 e. The molecule has 0 aliphatic carbocycles. The van der Waals surface area contributed by atoms with E-state index in [-0.39, 0.29) is 5.95 Å². The van der Waals surface area contributed by atoms with Crippen molar-refractivity contribution in [3.63, 3.8) is 0 Å². The molecule has 0 amide bonds. The van der Waals surface area contributed by atoms with Crippen molar-refractivity contribution in [2.45, 2.75) is 0 Å². The van der Waals surface area contributed by atoms with Gasteiger partial charge in [-0.25, -0.2) is 4.98 Å². The molecule has 1 saturated heterocycles. The van der Waals surface area contributed by atoms with E-state index in [4.69, 9.17) is 9.15 Å². The van der Waals surface area contributed by atoms with E-state index < -0.39 is 0 Å². The fourth-order valence-corrected chi connectivity index (χ4v) is 1.92. The maximum absolute atomic E-state index is 9.76. The first-order valence-electron chi connectivity index (χ1n) is 6.45. The summed E-state index contributed by atoms with van der Waals surface area (Å²) in [7, 11) is 0.